The van der Waals surface area contributed by atoms with E-state index in [2.05, 4.69) is 24.0 Å². The van der Waals surface area contributed by atoms with E-state index < -0.39 is 5.97 Å². The molecule has 0 bridgehead atoms. The van der Waals surface area contributed by atoms with Crippen molar-refractivity contribution in [3.05, 3.63) is 40.2 Å². The van der Waals surface area contributed by atoms with Crippen LogP contribution in [0.15, 0.2) is 29.6 Å². The average molecular weight is 259 g/mol. The molecule has 18 heavy (non-hydrogen) atoms. The lowest BCUT2D eigenvalue weighted by atomic mass is 10.1. The third-order valence-corrected chi connectivity index (χ3v) is 4.24. The van der Waals surface area contributed by atoms with Crippen molar-refractivity contribution in [1.82, 2.24) is 4.98 Å². The zero-order chi connectivity index (χ0) is 12.7. The molecule has 1 aromatic carbocycles. The second-order valence-corrected chi connectivity index (χ2v) is 5.62. The Labute approximate surface area is 109 Å². The van der Waals surface area contributed by atoms with Gasteiger partial charge in [-0.05, 0) is 19.4 Å². The third kappa shape index (κ3) is 2.04. The van der Waals surface area contributed by atoms with Crippen molar-refractivity contribution in [3.8, 4) is 11.3 Å². The molecule has 1 aliphatic carbocycles. The Bertz CT molecular complexity index is 605. The number of aromatic nitrogens is 1. The molecular formula is C14H13NO2S. The quantitative estimate of drug-likeness (QED) is 0.920. The molecule has 1 aromatic heterocycles. The van der Waals surface area contributed by atoms with Gasteiger partial charge in [-0.1, -0.05) is 23.8 Å². The average Bonchev–Trinajstić information content (AvgIpc) is 3.00. The summed E-state index contributed by atoms with van der Waals surface area (Å²) in [6, 6.07) is 8.20. The number of carbonyl (C=O) groups is 1. The summed E-state index contributed by atoms with van der Waals surface area (Å²) in [5.41, 5.74) is 3.26. The largest absolute Gasteiger partial charge is 0.481 e. The van der Waals surface area contributed by atoms with Gasteiger partial charge in [-0.25, -0.2) is 4.98 Å². The van der Waals surface area contributed by atoms with Crippen LogP contribution in [0.1, 0.15) is 22.9 Å². The number of carboxylic acid groups (broad SMARTS) is 1. The van der Waals surface area contributed by atoms with Crippen molar-refractivity contribution < 1.29 is 9.90 Å². The van der Waals surface area contributed by atoms with Gasteiger partial charge in [0.1, 0.15) is 0 Å². The van der Waals surface area contributed by atoms with Crippen LogP contribution < -0.4 is 0 Å². The van der Waals surface area contributed by atoms with Gasteiger partial charge in [0.05, 0.1) is 16.6 Å². The standard InChI is InChI=1S/C14H13NO2S/c1-8-3-2-4-9(5-8)12-7-18-13(15-12)10-6-11(10)14(16)17/h2-5,7,10-11H,6H2,1H3,(H,16,17). The fourth-order valence-corrected chi connectivity index (χ4v) is 3.14. The third-order valence-electron chi connectivity index (χ3n) is 3.26. The summed E-state index contributed by atoms with van der Waals surface area (Å²) in [5.74, 6) is -0.792. The monoisotopic (exact) mass is 259 g/mol. The number of aliphatic carboxylic acids is 1. The zero-order valence-electron chi connectivity index (χ0n) is 9.96. The summed E-state index contributed by atoms with van der Waals surface area (Å²) < 4.78 is 0. The van der Waals surface area contributed by atoms with Crippen molar-refractivity contribution in [3.63, 3.8) is 0 Å². The summed E-state index contributed by atoms with van der Waals surface area (Å²) in [6.07, 6.45) is 0.732. The van der Waals surface area contributed by atoms with Crippen molar-refractivity contribution in [2.75, 3.05) is 0 Å². The molecule has 2 aromatic rings. The number of hydrogen-bond acceptors (Lipinski definition) is 3. The summed E-state index contributed by atoms with van der Waals surface area (Å²) in [4.78, 5) is 15.4. The first-order valence-corrected chi connectivity index (χ1v) is 6.78. The fourth-order valence-electron chi connectivity index (χ4n) is 2.14. The maximum atomic E-state index is 10.8. The first-order chi connectivity index (χ1) is 8.65. The highest BCUT2D eigenvalue weighted by molar-refractivity contribution is 7.10. The van der Waals surface area contributed by atoms with E-state index in [1.807, 2.05) is 17.5 Å². The number of benzene rings is 1. The Morgan fingerprint density at radius 2 is 2.33 bits per heavy atom. The second kappa shape index (κ2) is 4.21. The Kier molecular flexibility index (Phi) is 2.67. The number of thiazole rings is 1. The Morgan fingerprint density at radius 3 is 3.00 bits per heavy atom. The van der Waals surface area contributed by atoms with Gasteiger partial charge < -0.3 is 5.11 Å². The van der Waals surface area contributed by atoms with E-state index in [1.54, 1.807) is 11.3 Å². The second-order valence-electron chi connectivity index (χ2n) is 4.73. The Balaban J connectivity index is 1.84. The van der Waals surface area contributed by atoms with Crippen LogP contribution in [0.5, 0.6) is 0 Å². The zero-order valence-corrected chi connectivity index (χ0v) is 10.8. The summed E-state index contributed by atoms with van der Waals surface area (Å²) in [7, 11) is 0. The van der Waals surface area contributed by atoms with Gasteiger partial charge in [0, 0.05) is 16.9 Å². The predicted octanol–water partition coefficient (Wildman–Crippen LogP) is 3.31. The van der Waals surface area contributed by atoms with E-state index in [1.165, 1.54) is 5.56 Å². The van der Waals surface area contributed by atoms with Crippen LogP contribution in [0.3, 0.4) is 0 Å². The van der Waals surface area contributed by atoms with Gasteiger partial charge in [0.15, 0.2) is 0 Å². The number of hydrogen-bond donors (Lipinski definition) is 1. The van der Waals surface area contributed by atoms with Crippen LogP contribution in [0.2, 0.25) is 0 Å². The SMILES string of the molecule is Cc1cccc(-c2csc(C3CC3C(=O)O)n2)c1. The molecule has 0 aliphatic heterocycles. The van der Waals surface area contributed by atoms with Gasteiger partial charge in [0.2, 0.25) is 0 Å². The highest BCUT2D eigenvalue weighted by Gasteiger charge is 2.46. The minimum absolute atomic E-state index is 0.131. The Morgan fingerprint density at radius 1 is 1.50 bits per heavy atom. The molecule has 92 valence electrons. The predicted molar refractivity (Wildman–Crippen MR) is 70.8 cm³/mol. The molecule has 1 fully saturated rings. The highest BCUT2D eigenvalue weighted by Crippen LogP contribution is 2.49. The molecule has 0 radical (unpaired) electrons. The maximum Gasteiger partial charge on any atom is 0.307 e. The molecule has 1 aliphatic rings. The van der Waals surface area contributed by atoms with Gasteiger partial charge in [-0.2, -0.15) is 0 Å². The van der Waals surface area contributed by atoms with Crippen molar-refractivity contribution in [1.29, 1.82) is 0 Å². The van der Waals surface area contributed by atoms with Gasteiger partial charge >= 0.3 is 5.97 Å². The number of aryl methyl sites for hydroxylation is 1. The molecule has 4 heteroatoms. The molecule has 0 saturated heterocycles. The molecule has 1 N–H and O–H groups in total. The molecule has 1 heterocycles. The topological polar surface area (TPSA) is 50.2 Å². The molecular weight excluding hydrogens is 246 g/mol. The van der Waals surface area contributed by atoms with E-state index in [9.17, 15) is 4.79 Å². The van der Waals surface area contributed by atoms with Crippen LogP contribution in [0, 0.1) is 12.8 Å². The van der Waals surface area contributed by atoms with Gasteiger partial charge in [-0.3, -0.25) is 4.79 Å². The van der Waals surface area contributed by atoms with Crippen LogP contribution in [0.25, 0.3) is 11.3 Å². The van der Waals surface area contributed by atoms with Crippen molar-refractivity contribution in [2.45, 2.75) is 19.3 Å². The molecule has 0 amide bonds. The minimum Gasteiger partial charge on any atom is -0.481 e. The van der Waals surface area contributed by atoms with Gasteiger partial charge in [-0.15, -0.1) is 11.3 Å². The highest BCUT2D eigenvalue weighted by atomic mass is 32.1. The molecule has 0 spiro atoms. The normalized spacial score (nSPS) is 21.8. The summed E-state index contributed by atoms with van der Waals surface area (Å²) in [6.45, 7) is 2.05. The minimum atomic E-state index is -0.702. The maximum absolute atomic E-state index is 10.8. The van der Waals surface area contributed by atoms with E-state index in [0.717, 1.165) is 22.7 Å². The lowest BCUT2D eigenvalue weighted by molar-refractivity contribution is -0.138. The molecule has 1 saturated carbocycles. The van der Waals surface area contributed by atoms with E-state index in [4.69, 9.17) is 5.11 Å². The van der Waals surface area contributed by atoms with Crippen LogP contribution in [-0.2, 0) is 4.79 Å². The summed E-state index contributed by atoms with van der Waals surface area (Å²) in [5, 5.41) is 11.9. The molecule has 2 atom stereocenters. The fraction of sp³-hybridized carbons (Fsp3) is 0.286. The number of rotatable bonds is 3. The van der Waals surface area contributed by atoms with E-state index >= 15 is 0 Å². The first kappa shape index (κ1) is 11.4. The number of carboxylic acids is 1. The molecule has 2 unspecified atom stereocenters. The smallest absolute Gasteiger partial charge is 0.307 e. The van der Waals surface area contributed by atoms with Crippen LogP contribution in [0.4, 0.5) is 0 Å². The summed E-state index contributed by atoms with van der Waals surface area (Å²) >= 11 is 1.57. The lowest BCUT2D eigenvalue weighted by Crippen LogP contribution is -1.98. The lowest BCUT2D eigenvalue weighted by Gasteiger charge is -1.97. The van der Waals surface area contributed by atoms with E-state index in [-0.39, 0.29) is 11.8 Å². The Hall–Kier alpha value is -1.68. The van der Waals surface area contributed by atoms with Crippen LogP contribution >= 0.6 is 11.3 Å². The van der Waals surface area contributed by atoms with Crippen LogP contribution in [-0.4, -0.2) is 16.1 Å². The first-order valence-electron chi connectivity index (χ1n) is 5.90. The number of nitrogens with zero attached hydrogens (tertiary/aromatic N) is 1. The van der Waals surface area contributed by atoms with Crippen molar-refractivity contribution in [2.24, 2.45) is 5.92 Å². The molecule has 3 nitrogen and oxygen atoms in total. The van der Waals surface area contributed by atoms with Gasteiger partial charge in [0.25, 0.3) is 0 Å². The van der Waals surface area contributed by atoms with Crippen molar-refractivity contribution >= 4 is 17.3 Å². The van der Waals surface area contributed by atoms with E-state index in [0.29, 0.717) is 0 Å². The molecule has 3 rings (SSSR count).